The molecule has 4 rings (SSSR count). The van der Waals surface area contributed by atoms with Crippen LogP contribution in [-0.2, 0) is 10.8 Å². The topological polar surface area (TPSA) is 0 Å². The average Bonchev–Trinajstić information content (AvgIpc) is 3.10. The average molecular weight is 371 g/mol. The van der Waals surface area contributed by atoms with Crippen molar-refractivity contribution in [1.29, 1.82) is 0 Å². The lowest BCUT2D eigenvalue weighted by Crippen LogP contribution is -2.21. The molecule has 0 heteroatoms. The first-order chi connectivity index (χ1) is 13.4. The zero-order chi connectivity index (χ0) is 20.1. The van der Waals surface area contributed by atoms with E-state index < -0.39 is 0 Å². The number of rotatable bonds is 6. The molecule has 0 amide bonds. The quantitative estimate of drug-likeness (QED) is 0.318. The fraction of sp³-hybridized carbons (Fsp3) is 0.429. The summed E-state index contributed by atoms with van der Waals surface area (Å²) in [5.74, 6) is 0. The molecular weight excluding hydrogens is 336 g/mol. The molecule has 0 radical (unpaired) electrons. The highest BCUT2D eigenvalue weighted by Crippen LogP contribution is 2.55. The van der Waals surface area contributed by atoms with Crippen LogP contribution in [-0.4, -0.2) is 0 Å². The van der Waals surface area contributed by atoms with Crippen LogP contribution in [0.5, 0.6) is 0 Å². The van der Waals surface area contributed by atoms with Crippen LogP contribution in [0.1, 0.15) is 78.4 Å². The number of hydrogen-bond donors (Lipinski definition) is 0. The molecule has 0 atom stereocenters. The van der Waals surface area contributed by atoms with Crippen LogP contribution in [0.2, 0.25) is 0 Å². The third-order valence-corrected chi connectivity index (χ3v) is 8.07. The van der Waals surface area contributed by atoms with Crippen LogP contribution in [0.3, 0.4) is 0 Å². The molecule has 28 heavy (non-hydrogen) atoms. The monoisotopic (exact) mass is 370 g/mol. The zero-order valence-electron chi connectivity index (χ0n) is 18.4. The minimum atomic E-state index is 0.215. The highest BCUT2D eigenvalue weighted by atomic mass is 14.4. The Bertz CT molecular complexity index is 950. The maximum atomic E-state index is 2.44. The Kier molecular flexibility index (Phi) is 4.65. The molecule has 1 aliphatic carbocycles. The second kappa shape index (κ2) is 6.76. The fourth-order valence-corrected chi connectivity index (χ4v) is 5.16. The molecule has 0 unspecified atom stereocenters. The van der Waals surface area contributed by atoms with Gasteiger partial charge in [0.05, 0.1) is 0 Å². The van der Waals surface area contributed by atoms with E-state index >= 15 is 0 Å². The molecule has 146 valence electrons. The van der Waals surface area contributed by atoms with E-state index in [1.165, 1.54) is 69.8 Å². The maximum absolute atomic E-state index is 2.44. The van der Waals surface area contributed by atoms with Gasteiger partial charge in [0.25, 0.3) is 0 Å². The second-order valence-corrected chi connectivity index (χ2v) is 9.16. The first kappa shape index (κ1) is 19.2. The smallest absolute Gasteiger partial charge is 0.00204 e. The van der Waals surface area contributed by atoms with Crippen molar-refractivity contribution in [1.82, 2.24) is 0 Å². The molecule has 3 aromatic rings. The number of hydrogen-bond acceptors (Lipinski definition) is 0. The van der Waals surface area contributed by atoms with E-state index in [0.29, 0.717) is 0 Å². The largest absolute Gasteiger partial charge is 0.0645 e. The van der Waals surface area contributed by atoms with Crippen molar-refractivity contribution < 1.29 is 0 Å². The summed E-state index contributed by atoms with van der Waals surface area (Å²) in [5.41, 5.74) is 9.38. The molecule has 0 bridgehead atoms. The molecule has 0 aliphatic heterocycles. The van der Waals surface area contributed by atoms with Gasteiger partial charge in [-0.2, -0.15) is 0 Å². The number of fused-ring (bicyclic) bond motifs is 3. The van der Waals surface area contributed by atoms with Gasteiger partial charge < -0.3 is 0 Å². The van der Waals surface area contributed by atoms with Crippen LogP contribution in [0.25, 0.3) is 33.0 Å². The molecule has 0 fully saturated rings. The van der Waals surface area contributed by atoms with Crippen LogP contribution in [0.4, 0.5) is 0 Å². The van der Waals surface area contributed by atoms with Crippen molar-refractivity contribution >= 4 is 10.8 Å². The summed E-state index contributed by atoms with van der Waals surface area (Å²) in [7, 11) is 0. The summed E-state index contributed by atoms with van der Waals surface area (Å²) in [6.45, 7) is 14.2. The number of benzene rings is 3. The van der Waals surface area contributed by atoms with Crippen LogP contribution < -0.4 is 0 Å². The highest BCUT2D eigenvalue weighted by Gasteiger charge is 2.35. The lowest BCUT2D eigenvalue weighted by Gasteiger charge is -2.31. The van der Waals surface area contributed by atoms with E-state index in [9.17, 15) is 0 Å². The predicted molar refractivity (Wildman–Crippen MR) is 124 cm³/mol. The normalized spacial score (nSPS) is 13.2. The van der Waals surface area contributed by atoms with Crippen molar-refractivity contribution in [3.05, 3.63) is 59.7 Å². The first-order valence-corrected chi connectivity index (χ1v) is 11.1. The molecule has 0 spiro atoms. The third-order valence-electron chi connectivity index (χ3n) is 8.07. The zero-order valence-corrected chi connectivity index (χ0v) is 18.4. The van der Waals surface area contributed by atoms with Gasteiger partial charge in [0.2, 0.25) is 0 Å². The minimum absolute atomic E-state index is 0.215. The molecule has 1 aliphatic rings. The van der Waals surface area contributed by atoms with Crippen LogP contribution in [0, 0.1) is 0 Å². The SMILES string of the molecule is CCC(C)(CC)c1ccc2ccc(C(C)(CC)CC)c3c2c1-c1ccccc1-3. The van der Waals surface area contributed by atoms with Gasteiger partial charge >= 0.3 is 0 Å². The standard InChI is InChI=1S/C28H34/c1-7-27(5,8-2)22-17-15-19-16-18-23(28(6,9-3)10-4)26-21-14-12-11-13-20(21)25(22)24(19)26/h11-18H,7-10H2,1-6H3. The molecular formula is C28H34. The molecule has 0 N–H and O–H groups in total. The summed E-state index contributed by atoms with van der Waals surface area (Å²) in [6.07, 6.45) is 4.67. The molecule has 0 aromatic heterocycles. The van der Waals surface area contributed by atoms with E-state index in [0.717, 1.165) is 0 Å². The third kappa shape index (κ3) is 2.50. The second-order valence-electron chi connectivity index (χ2n) is 9.16. The minimum Gasteiger partial charge on any atom is -0.0645 e. The Morgan fingerprint density at radius 2 is 0.964 bits per heavy atom. The lowest BCUT2D eigenvalue weighted by molar-refractivity contribution is 0.440. The Hall–Kier alpha value is -2.08. The van der Waals surface area contributed by atoms with Gasteiger partial charge in [-0.15, -0.1) is 0 Å². The van der Waals surface area contributed by atoms with Gasteiger partial charge in [-0.05, 0) is 80.7 Å². The highest BCUT2D eigenvalue weighted by molar-refractivity contribution is 6.17. The van der Waals surface area contributed by atoms with E-state index in [-0.39, 0.29) is 10.8 Å². The van der Waals surface area contributed by atoms with Gasteiger partial charge in [0, 0.05) is 0 Å². The fourth-order valence-electron chi connectivity index (χ4n) is 5.16. The summed E-state index contributed by atoms with van der Waals surface area (Å²) in [5, 5.41) is 2.88. The Balaban J connectivity index is 2.18. The van der Waals surface area contributed by atoms with Crippen molar-refractivity contribution in [2.45, 2.75) is 78.1 Å². The summed E-state index contributed by atoms with van der Waals surface area (Å²) < 4.78 is 0. The Morgan fingerprint density at radius 3 is 1.32 bits per heavy atom. The van der Waals surface area contributed by atoms with E-state index in [1.807, 2.05) is 0 Å². The van der Waals surface area contributed by atoms with Crippen molar-refractivity contribution in [2.24, 2.45) is 0 Å². The van der Waals surface area contributed by atoms with Gasteiger partial charge in [-0.25, -0.2) is 0 Å². The predicted octanol–water partition coefficient (Wildman–Crippen LogP) is 8.64. The van der Waals surface area contributed by atoms with Crippen LogP contribution >= 0.6 is 0 Å². The Labute approximate surface area is 171 Å². The lowest BCUT2D eigenvalue weighted by atomic mass is 9.73. The van der Waals surface area contributed by atoms with Crippen molar-refractivity contribution in [3.63, 3.8) is 0 Å². The molecule has 0 heterocycles. The van der Waals surface area contributed by atoms with Gasteiger partial charge in [-0.3, -0.25) is 0 Å². The molecule has 0 nitrogen and oxygen atoms in total. The summed E-state index contributed by atoms with van der Waals surface area (Å²) >= 11 is 0. The van der Waals surface area contributed by atoms with Gasteiger partial charge in [0.1, 0.15) is 0 Å². The summed E-state index contributed by atoms with van der Waals surface area (Å²) in [6, 6.07) is 18.7. The maximum Gasteiger partial charge on any atom is -0.00204 e. The molecule has 3 aromatic carbocycles. The van der Waals surface area contributed by atoms with Crippen molar-refractivity contribution in [2.75, 3.05) is 0 Å². The summed E-state index contributed by atoms with van der Waals surface area (Å²) in [4.78, 5) is 0. The van der Waals surface area contributed by atoms with Gasteiger partial charge in [-0.1, -0.05) is 90.1 Å². The first-order valence-electron chi connectivity index (χ1n) is 11.1. The van der Waals surface area contributed by atoms with E-state index in [2.05, 4.69) is 90.1 Å². The molecule has 0 saturated carbocycles. The van der Waals surface area contributed by atoms with E-state index in [1.54, 1.807) is 0 Å². The van der Waals surface area contributed by atoms with Crippen molar-refractivity contribution in [3.8, 4) is 22.3 Å². The Morgan fingerprint density at radius 1 is 0.571 bits per heavy atom. The molecule has 0 saturated heterocycles. The van der Waals surface area contributed by atoms with Gasteiger partial charge in [0.15, 0.2) is 0 Å². The van der Waals surface area contributed by atoms with Crippen LogP contribution in [0.15, 0.2) is 48.5 Å². The van der Waals surface area contributed by atoms with E-state index in [4.69, 9.17) is 0 Å².